The number of hydrogen-bond donors (Lipinski definition) is 2. The number of nitrogens with zero attached hydrogens (tertiary/aromatic N) is 2. The molecule has 4 atom stereocenters. The lowest BCUT2D eigenvalue weighted by atomic mass is 9.89. The van der Waals surface area contributed by atoms with E-state index in [9.17, 15) is 9.90 Å². The van der Waals surface area contributed by atoms with E-state index >= 15 is 0 Å². The zero-order valence-electron chi connectivity index (χ0n) is 17.1. The van der Waals surface area contributed by atoms with Crippen LogP contribution < -0.4 is 10.3 Å². The average molecular weight is 572 g/mol. The van der Waals surface area contributed by atoms with Gasteiger partial charge in [-0.1, -0.05) is 55.1 Å². The number of carbonyl (C=O) groups excluding carboxylic acids is 1. The average Bonchev–Trinajstić information content (AvgIpc) is 3.07. The van der Waals surface area contributed by atoms with Crippen LogP contribution in [0.4, 0.5) is 5.69 Å². The first kappa shape index (κ1) is 22.8. The summed E-state index contributed by atoms with van der Waals surface area (Å²) in [4.78, 5) is 13.2. The Balaban J connectivity index is 1.68. The first-order chi connectivity index (χ1) is 14.8. The Labute approximate surface area is 205 Å². The van der Waals surface area contributed by atoms with Gasteiger partial charge in [-0.15, -0.1) is 0 Å². The lowest BCUT2D eigenvalue weighted by molar-refractivity contribution is -0.116. The van der Waals surface area contributed by atoms with E-state index in [0.29, 0.717) is 27.9 Å². The molecule has 1 heterocycles. The van der Waals surface area contributed by atoms with E-state index in [1.165, 1.54) is 0 Å². The molecule has 2 aliphatic rings. The molecule has 1 saturated carbocycles. The lowest BCUT2D eigenvalue weighted by Crippen LogP contribution is -2.48. The maximum atomic E-state index is 13.2. The van der Waals surface area contributed by atoms with Gasteiger partial charge in [0.2, 0.25) is 0 Å². The summed E-state index contributed by atoms with van der Waals surface area (Å²) < 4.78 is 1.13. The maximum Gasteiger partial charge on any atom is 0.268 e. The fourth-order valence-electron chi connectivity index (χ4n) is 4.37. The van der Waals surface area contributed by atoms with Gasteiger partial charge >= 0.3 is 0 Å². The number of nitrogens with one attached hydrogen (secondary N) is 1. The van der Waals surface area contributed by atoms with Gasteiger partial charge in [-0.25, -0.2) is 0 Å². The molecule has 0 aromatic heterocycles. The highest BCUT2D eigenvalue weighted by Gasteiger charge is 2.41. The molecule has 0 saturated heterocycles. The highest BCUT2D eigenvalue weighted by molar-refractivity contribution is 14.1. The van der Waals surface area contributed by atoms with E-state index in [4.69, 9.17) is 28.3 Å². The highest BCUT2D eigenvalue weighted by Crippen LogP contribution is 2.42. The van der Waals surface area contributed by atoms with E-state index in [2.05, 4.69) is 40.0 Å². The van der Waals surface area contributed by atoms with Crippen LogP contribution in [0.25, 0.3) is 0 Å². The standard InChI is InChI=1S/C23H24Cl2IN3O2/c1-13-21(23(31)27-18-4-2-3-5-20(18)30)28-29(19-11-8-15(24)12-17(19)25)22(13)14-6-9-16(26)10-7-14/h6-13,18,20,22,30H,2-5H2,1H3,(H,27,31)/t13?,18-,20-,22?/m0/s1. The van der Waals surface area contributed by atoms with Crippen LogP contribution in [0.5, 0.6) is 0 Å². The minimum atomic E-state index is -0.510. The van der Waals surface area contributed by atoms with Crippen LogP contribution in [0.1, 0.15) is 44.2 Å². The molecule has 2 aromatic rings. The number of aliphatic hydroxyl groups excluding tert-OH is 1. The number of hydrogen-bond acceptors (Lipinski definition) is 4. The molecular formula is C23H24Cl2IN3O2. The van der Waals surface area contributed by atoms with Crippen molar-refractivity contribution in [2.24, 2.45) is 11.0 Å². The number of carbonyl (C=O) groups is 1. The van der Waals surface area contributed by atoms with Gasteiger partial charge < -0.3 is 10.4 Å². The molecule has 0 bridgehead atoms. The van der Waals surface area contributed by atoms with Crippen molar-refractivity contribution in [2.45, 2.75) is 50.8 Å². The summed E-state index contributed by atoms with van der Waals surface area (Å²) in [7, 11) is 0. The Bertz CT molecular complexity index is 999. The molecule has 1 aliphatic heterocycles. The number of rotatable bonds is 4. The second-order valence-corrected chi connectivity index (χ2v) is 10.2. The van der Waals surface area contributed by atoms with Gasteiger partial charge in [-0.05, 0) is 71.3 Å². The third-order valence-corrected chi connectivity index (χ3v) is 7.29. The van der Waals surface area contributed by atoms with E-state index < -0.39 is 6.10 Å². The maximum absolute atomic E-state index is 13.2. The Morgan fingerprint density at radius 3 is 2.55 bits per heavy atom. The van der Waals surface area contributed by atoms with Gasteiger partial charge in [-0.3, -0.25) is 9.80 Å². The van der Waals surface area contributed by atoms with Crippen LogP contribution >= 0.6 is 45.8 Å². The largest absolute Gasteiger partial charge is 0.391 e. The molecule has 164 valence electrons. The van der Waals surface area contributed by atoms with Crippen molar-refractivity contribution in [3.63, 3.8) is 0 Å². The summed E-state index contributed by atoms with van der Waals surface area (Å²) in [5.74, 6) is -0.408. The van der Waals surface area contributed by atoms with Crippen molar-refractivity contribution in [3.8, 4) is 0 Å². The van der Waals surface area contributed by atoms with Crippen LogP contribution in [-0.2, 0) is 4.79 Å². The third kappa shape index (κ3) is 4.87. The molecule has 5 nitrogen and oxygen atoms in total. The normalized spacial score (nSPS) is 26.0. The SMILES string of the molecule is CC1C(C(=O)N[C@H]2CCCC[C@@H]2O)=NN(c2ccc(Cl)cc2Cl)C1c1ccc(I)cc1. The van der Waals surface area contributed by atoms with Gasteiger partial charge in [-0.2, -0.15) is 5.10 Å². The summed E-state index contributed by atoms with van der Waals surface area (Å²) in [5, 5.41) is 20.9. The minimum Gasteiger partial charge on any atom is -0.391 e. The van der Waals surface area contributed by atoms with Crippen molar-refractivity contribution in [1.82, 2.24) is 5.32 Å². The summed E-state index contributed by atoms with van der Waals surface area (Å²) in [6, 6.07) is 13.1. The molecule has 1 amide bonds. The molecule has 1 fully saturated rings. The van der Waals surface area contributed by atoms with Crippen molar-refractivity contribution in [3.05, 3.63) is 61.6 Å². The van der Waals surface area contributed by atoms with Gasteiger partial charge in [0, 0.05) is 14.5 Å². The van der Waals surface area contributed by atoms with Crippen LogP contribution in [0.15, 0.2) is 47.6 Å². The van der Waals surface area contributed by atoms with Crippen LogP contribution in [0.2, 0.25) is 10.0 Å². The number of anilines is 1. The zero-order chi connectivity index (χ0) is 22.1. The van der Waals surface area contributed by atoms with Crippen LogP contribution in [-0.4, -0.2) is 28.9 Å². The smallest absolute Gasteiger partial charge is 0.268 e. The summed E-state index contributed by atoms with van der Waals surface area (Å²) in [6.07, 6.45) is 2.97. The molecule has 0 radical (unpaired) electrons. The first-order valence-electron chi connectivity index (χ1n) is 10.4. The molecule has 2 unspecified atom stereocenters. The number of benzene rings is 2. The summed E-state index contributed by atoms with van der Waals surface area (Å²) >= 11 is 14.9. The molecular weight excluding hydrogens is 548 g/mol. The molecule has 0 spiro atoms. The first-order valence-corrected chi connectivity index (χ1v) is 12.3. The minimum absolute atomic E-state index is 0.174. The fraction of sp³-hybridized carbons (Fsp3) is 0.391. The Kier molecular flexibility index (Phi) is 7.10. The molecule has 31 heavy (non-hydrogen) atoms. The van der Waals surface area contributed by atoms with Crippen molar-refractivity contribution in [2.75, 3.05) is 5.01 Å². The number of aliphatic hydroxyl groups is 1. The number of hydrazone groups is 1. The lowest BCUT2D eigenvalue weighted by Gasteiger charge is -2.29. The fourth-order valence-corrected chi connectivity index (χ4v) is 5.22. The predicted octanol–water partition coefficient (Wildman–Crippen LogP) is 5.57. The van der Waals surface area contributed by atoms with Crippen LogP contribution in [0.3, 0.4) is 0 Å². The molecule has 8 heteroatoms. The van der Waals surface area contributed by atoms with Gasteiger partial charge in [0.05, 0.1) is 28.9 Å². The van der Waals surface area contributed by atoms with E-state index in [1.807, 2.05) is 30.1 Å². The zero-order valence-corrected chi connectivity index (χ0v) is 20.7. The van der Waals surface area contributed by atoms with Gasteiger partial charge in [0.25, 0.3) is 5.91 Å². The molecule has 2 N–H and O–H groups in total. The second kappa shape index (κ2) is 9.65. The Morgan fingerprint density at radius 1 is 1.16 bits per heavy atom. The quantitative estimate of drug-likeness (QED) is 0.471. The molecule has 1 aliphatic carbocycles. The van der Waals surface area contributed by atoms with Gasteiger partial charge in [0.15, 0.2) is 0 Å². The van der Waals surface area contributed by atoms with E-state index in [-0.39, 0.29) is 23.9 Å². The molecule has 4 rings (SSSR count). The van der Waals surface area contributed by atoms with Crippen molar-refractivity contribution in [1.29, 1.82) is 0 Å². The van der Waals surface area contributed by atoms with Crippen molar-refractivity contribution < 1.29 is 9.90 Å². The predicted molar refractivity (Wildman–Crippen MR) is 134 cm³/mol. The van der Waals surface area contributed by atoms with E-state index in [0.717, 1.165) is 28.4 Å². The third-order valence-electron chi connectivity index (χ3n) is 6.03. The Morgan fingerprint density at radius 2 is 1.87 bits per heavy atom. The van der Waals surface area contributed by atoms with E-state index in [1.54, 1.807) is 12.1 Å². The number of halogens is 3. The second-order valence-electron chi connectivity index (χ2n) is 8.14. The summed E-state index contributed by atoms with van der Waals surface area (Å²) in [5.41, 5.74) is 2.18. The monoisotopic (exact) mass is 571 g/mol. The molecule has 2 aromatic carbocycles. The number of amides is 1. The Hall–Kier alpha value is -1.35. The topological polar surface area (TPSA) is 64.9 Å². The van der Waals surface area contributed by atoms with Crippen LogP contribution in [0, 0.1) is 9.49 Å². The summed E-state index contributed by atoms with van der Waals surface area (Å²) in [6.45, 7) is 2.00. The van der Waals surface area contributed by atoms with Gasteiger partial charge in [0.1, 0.15) is 5.71 Å². The highest BCUT2D eigenvalue weighted by atomic mass is 127. The van der Waals surface area contributed by atoms with Crippen molar-refractivity contribution >= 4 is 63.1 Å².